The van der Waals surface area contributed by atoms with E-state index in [0.29, 0.717) is 0 Å². The fourth-order valence-electron chi connectivity index (χ4n) is 0.837. The van der Waals surface area contributed by atoms with Gasteiger partial charge in [0.15, 0.2) is 0 Å². The molecule has 3 heteroatoms. The molecule has 1 aliphatic heterocycles. The van der Waals surface area contributed by atoms with Gasteiger partial charge in [-0.05, 0) is 19.1 Å². The van der Waals surface area contributed by atoms with E-state index in [-0.39, 0.29) is 0 Å². The molecule has 1 aliphatic rings. The van der Waals surface area contributed by atoms with Crippen molar-refractivity contribution in [3.05, 3.63) is 24.6 Å². The van der Waals surface area contributed by atoms with Crippen LogP contribution in [-0.2, 0) is 4.74 Å². The molecule has 0 saturated heterocycles. The molecule has 0 atom stereocenters. The summed E-state index contributed by atoms with van der Waals surface area (Å²) in [5.74, 6) is 0. The molecule has 62 valence electrons. The molecule has 0 aromatic heterocycles. The number of hydrogen-bond donors (Lipinski definition) is 1. The Morgan fingerprint density at radius 1 is 1.45 bits per heavy atom. The molecule has 0 spiro atoms. The van der Waals surface area contributed by atoms with Crippen molar-refractivity contribution >= 4 is 0 Å². The van der Waals surface area contributed by atoms with E-state index in [4.69, 9.17) is 4.74 Å². The van der Waals surface area contributed by atoms with E-state index in [2.05, 4.69) is 5.43 Å². The maximum Gasteiger partial charge on any atom is 0.0661 e. The number of nitrogens with zero attached hydrogens (tertiary/aromatic N) is 1. The van der Waals surface area contributed by atoms with Crippen LogP contribution < -0.4 is 5.43 Å². The molecule has 0 radical (unpaired) electrons. The van der Waals surface area contributed by atoms with Gasteiger partial charge in [0.05, 0.1) is 13.2 Å². The van der Waals surface area contributed by atoms with Gasteiger partial charge in [-0.1, -0.05) is 0 Å². The highest BCUT2D eigenvalue weighted by molar-refractivity contribution is 5.04. The van der Waals surface area contributed by atoms with Gasteiger partial charge in [0.25, 0.3) is 0 Å². The zero-order valence-electron chi connectivity index (χ0n) is 6.79. The van der Waals surface area contributed by atoms with Crippen LogP contribution in [0.4, 0.5) is 0 Å². The van der Waals surface area contributed by atoms with Gasteiger partial charge < -0.3 is 10.2 Å². The smallest absolute Gasteiger partial charge is 0.0661 e. The number of allylic oxidation sites excluding steroid dienone is 2. The minimum atomic E-state index is 0.766. The molecule has 0 fully saturated rings. The SMILES string of the molecule is CCOCCN1C=CC=CN1. The Labute approximate surface area is 67.3 Å². The summed E-state index contributed by atoms with van der Waals surface area (Å²) in [6, 6.07) is 0. The van der Waals surface area contributed by atoms with Crippen molar-refractivity contribution in [3.8, 4) is 0 Å². The maximum atomic E-state index is 5.20. The largest absolute Gasteiger partial charge is 0.380 e. The fourth-order valence-corrected chi connectivity index (χ4v) is 0.837. The first-order chi connectivity index (χ1) is 5.43. The number of hydrazine groups is 1. The van der Waals surface area contributed by atoms with Gasteiger partial charge in [0.1, 0.15) is 0 Å². The Morgan fingerprint density at radius 3 is 3.00 bits per heavy atom. The first kappa shape index (κ1) is 8.14. The zero-order chi connectivity index (χ0) is 7.94. The predicted octanol–water partition coefficient (Wildman–Crippen LogP) is 0.871. The molecule has 1 heterocycles. The molecule has 0 saturated carbocycles. The molecule has 11 heavy (non-hydrogen) atoms. The first-order valence-corrected chi connectivity index (χ1v) is 3.87. The number of ether oxygens (including phenoxy) is 1. The van der Waals surface area contributed by atoms with Gasteiger partial charge in [-0.15, -0.1) is 0 Å². The fraction of sp³-hybridized carbons (Fsp3) is 0.500. The van der Waals surface area contributed by atoms with Crippen molar-refractivity contribution in [2.45, 2.75) is 6.92 Å². The van der Waals surface area contributed by atoms with E-state index in [1.54, 1.807) is 0 Å². The molecule has 0 aromatic rings. The molecule has 1 N–H and O–H groups in total. The summed E-state index contributed by atoms with van der Waals surface area (Å²) in [7, 11) is 0. The summed E-state index contributed by atoms with van der Waals surface area (Å²) < 4.78 is 5.20. The van der Waals surface area contributed by atoms with Crippen LogP contribution in [0.15, 0.2) is 24.6 Å². The summed E-state index contributed by atoms with van der Waals surface area (Å²) in [6.45, 7) is 4.43. The van der Waals surface area contributed by atoms with E-state index < -0.39 is 0 Å². The van der Waals surface area contributed by atoms with Crippen LogP contribution in [0.5, 0.6) is 0 Å². The van der Waals surface area contributed by atoms with Crippen molar-refractivity contribution in [2.75, 3.05) is 19.8 Å². The Balaban J connectivity index is 2.07. The lowest BCUT2D eigenvalue weighted by atomic mass is 10.5. The lowest BCUT2D eigenvalue weighted by Gasteiger charge is -2.21. The second kappa shape index (κ2) is 4.79. The number of hydrogen-bond acceptors (Lipinski definition) is 3. The monoisotopic (exact) mass is 154 g/mol. The van der Waals surface area contributed by atoms with Crippen molar-refractivity contribution in [2.24, 2.45) is 0 Å². The first-order valence-electron chi connectivity index (χ1n) is 3.87. The van der Waals surface area contributed by atoms with Crippen LogP contribution in [0, 0.1) is 0 Å². The van der Waals surface area contributed by atoms with Crippen LogP contribution >= 0.6 is 0 Å². The lowest BCUT2D eigenvalue weighted by molar-refractivity contribution is 0.119. The zero-order valence-corrected chi connectivity index (χ0v) is 6.79. The average molecular weight is 154 g/mol. The molecule has 1 rings (SSSR count). The topological polar surface area (TPSA) is 24.5 Å². The van der Waals surface area contributed by atoms with E-state index in [1.165, 1.54) is 0 Å². The van der Waals surface area contributed by atoms with Crippen molar-refractivity contribution in [3.63, 3.8) is 0 Å². The summed E-state index contributed by atoms with van der Waals surface area (Å²) in [5, 5.41) is 1.98. The Morgan fingerprint density at radius 2 is 2.36 bits per heavy atom. The Hall–Kier alpha value is -0.960. The molecule has 0 amide bonds. The molecule has 0 bridgehead atoms. The summed E-state index contributed by atoms with van der Waals surface area (Å²) in [6.07, 6.45) is 7.82. The van der Waals surface area contributed by atoms with Crippen molar-refractivity contribution < 1.29 is 4.74 Å². The highest BCUT2D eigenvalue weighted by atomic mass is 16.5. The summed E-state index contributed by atoms with van der Waals surface area (Å²) in [5.41, 5.74) is 3.06. The van der Waals surface area contributed by atoms with Crippen LogP contribution in [0.25, 0.3) is 0 Å². The third kappa shape index (κ3) is 3.09. The normalized spacial score (nSPS) is 15.2. The third-order valence-corrected chi connectivity index (χ3v) is 1.39. The van der Waals surface area contributed by atoms with Gasteiger partial charge in [0, 0.05) is 19.0 Å². The van der Waals surface area contributed by atoms with Crippen LogP contribution in [0.1, 0.15) is 6.92 Å². The van der Waals surface area contributed by atoms with Gasteiger partial charge in [-0.25, -0.2) is 0 Å². The minimum absolute atomic E-state index is 0.766. The van der Waals surface area contributed by atoms with Gasteiger partial charge in [0.2, 0.25) is 0 Å². The standard InChI is InChI=1S/C8H14N2O/c1-2-11-8-7-10-6-4-3-5-9-10/h3-6,9H,2,7-8H2,1H3. The molecular formula is C8H14N2O. The second-order valence-corrected chi connectivity index (χ2v) is 2.22. The predicted molar refractivity (Wildman–Crippen MR) is 44.6 cm³/mol. The molecule has 0 unspecified atom stereocenters. The maximum absolute atomic E-state index is 5.20. The highest BCUT2D eigenvalue weighted by Gasteiger charge is 1.96. The minimum Gasteiger partial charge on any atom is -0.380 e. The van der Waals surface area contributed by atoms with E-state index in [1.807, 2.05) is 36.5 Å². The van der Waals surface area contributed by atoms with E-state index in [0.717, 1.165) is 19.8 Å². The highest BCUT2D eigenvalue weighted by Crippen LogP contribution is 1.91. The molecule has 3 nitrogen and oxygen atoms in total. The van der Waals surface area contributed by atoms with E-state index in [9.17, 15) is 0 Å². The molecular weight excluding hydrogens is 140 g/mol. The number of rotatable bonds is 4. The lowest BCUT2D eigenvalue weighted by Crippen LogP contribution is -2.33. The quantitative estimate of drug-likeness (QED) is 0.608. The Bertz CT molecular complexity index is 154. The van der Waals surface area contributed by atoms with Crippen LogP contribution in [-0.4, -0.2) is 24.8 Å². The molecule has 0 aliphatic carbocycles. The third-order valence-electron chi connectivity index (χ3n) is 1.39. The van der Waals surface area contributed by atoms with Crippen molar-refractivity contribution in [1.82, 2.24) is 10.4 Å². The summed E-state index contributed by atoms with van der Waals surface area (Å²) in [4.78, 5) is 0. The van der Waals surface area contributed by atoms with Crippen LogP contribution in [0.2, 0.25) is 0 Å². The number of nitrogens with one attached hydrogen (secondary N) is 1. The summed E-state index contributed by atoms with van der Waals surface area (Å²) >= 11 is 0. The van der Waals surface area contributed by atoms with Gasteiger partial charge in [-0.3, -0.25) is 5.01 Å². The molecule has 0 aromatic carbocycles. The van der Waals surface area contributed by atoms with Gasteiger partial charge >= 0.3 is 0 Å². The van der Waals surface area contributed by atoms with Crippen molar-refractivity contribution in [1.29, 1.82) is 0 Å². The van der Waals surface area contributed by atoms with Gasteiger partial charge in [-0.2, -0.15) is 0 Å². The van der Waals surface area contributed by atoms with Crippen LogP contribution in [0.3, 0.4) is 0 Å². The average Bonchev–Trinajstić information content (AvgIpc) is 2.07. The Kier molecular flexibility index (Phi) is 3.55. The second-order valence-electron chi connectivity index (χ2n) is 2.22. The van der Waals surface area contributed by atoms with E-state index >= 15 is 0 Å².